The molecule has 0 aliphatic rings. The summed E-state index contributed by atoms with van der Waals surface area (Å²) in [5.74, 6) is 1.71. The van der Waals surface area contributed by atoms with Gasteiger partial charge in [-0.05, 0) is 30.3 Å². The van der Waals surface area contributed by atoms with E-state index >= 15 is 0 Å². The standard InChI is InChI=1S/C12H12O3/c1-14-11-5-6-12(15-2)10-7-8(13)3-4-9(10)11/h3-7,13H,1-2H3. The lowest BCUT2D eigenvalue weighted by Gasteiger charge is -2.09. The zero-order chi connectivity index (χ0) is 10.8. The largest absolute Gasteiger partial charge is 0.508 e. The molecule has 0 unspecified atom stereocenters. The van der Waals surface area contributed by atoms with Crippen LogP contribution in [-0.4, -0.2) is 19.3 Å². The fourth-order valence-corrected chi connectivity index (χ4v) is 1.64. The van der Waals surface area contributed by atoms with Crippen molar-refractivity contribution in [3.8, 4) is 17.2 Å². The Labute approximate surface area is 87.9 Å². The van der Waals surface area contributed by atoms with Crippen LogP contribution in [-0.2, 0) is 0 Å². The SMILES string of the molecule is COc1ccc(OC)c2cc(O)ccc12. The minimum absolute atomic E-state index is 0.217. The zero-order valence-electron chi connectivity index (χ0n) is 8.65. The lowest BCUT2D eigenvalue weighted by atomic mass is 10.1. The third-order valence-electron chi connectivity index (χ3n) is 2.36. The van der Waals surface area contributed by atoms with Crippen molar-refractivity contribution >= 4 is 10.8 Å². The summed E-state index contributed by atoms with van der Waals surface area (Å²) in [4.78, 5) is 0. The Balaban J connectivity index is 2.80. The summed E-state index contributed by atoms with van der Waals surface area (Å²) >= 11 is 0. The number of rotatable bonds is 2. The number of fused-ring (bicyclic) bond motifs is 1. The van der Waals surface area contributed by atoms with Gasteiger partial charge in [0.2, 0.25) is 0 Å². The van der Waals surface area contributed by atoms with Crippen LogP contribution in [0, 0.1) is 0 Å². The highest BCUT2D eigenvalue weighted by Gasteiger charge is 2.07. The lowest BCUT2D eigenvalue weighted by Crippen LogP contribution is -1.88. The van der Waals surface area contributed by atoms with Gasteiger partial charge >= 0.3 is 0 Å². The summed E-state index contributed by atoms with van der Waals surface area (Å²) in [6.45, 7) is 0. The van der Waals surface area contributed by atoms with Gasteiger partial charge in [-0.15, -0.1) is 0 Å². The summed E-state index contributed by atoms with van der Waals surface area (Å²) < 4.78 is 10.4. The quantitative estimate of drug-likeness (QED) is 0.817. The third-order valence-corrected chi connectivity index (χ3v) is 2.36. The Hall–Kier alpha value is -1.90. The van der Waals surface area contributed by atoms with E-state index in [9.17, 15) is 5.11 Å². The van der Waals surface area contributed by atoms with Crippen molar-refractivity contribution < 1.29 is 14.6 Å². The number of hydrogen-bond donors (Lipinski definition) is 1. The van der Waals surface area contributed by atoms with Crippen LogP contribution in [0.1, 0.15) is 0 Å². The maximum Gasteiger partial charge on any atom is 0.127 e. The Morgan fingerprint density at radius 1 is 0.867 bits per heavy atom. The summed E-state index contributed by atoms with van der Waals surface area (Å²) in [5.41, 5.74) is 0. The number of ether oxygens (including phenoxy) is 2. The minimum Gasteiger partial charge on any atom is -0.508 e. The van der Waals surface area contributed by atoms with Crippen LogP contribution in [0.15, 0.2) is 30.3 Å². The second-order valence-corrected chi connectivity index (χ2v) is 3.20. The van der Waals surface area contributed by atoms with Crippen LogP contribution in [0.25, 0.3) is 10.8 Å². The second kappa shape index (κ2) is 3.69. The van der Waals surface area contributed by atoms with E-state index in [0.29, 0.717) is 0 Å². The molecule has 2 aromatic carbocycles. The summed E-state index contributed by atoms with van der Waals surface area (Å²) in [6.07, 6.45) is 0. The number of benzene rings is 2. The Kier molecular flexibility index (Phi) is 2.37. The molecule has 0 atom stereocenters. The Morgan fingerprint density at radius 3 is 2.07 bits per heavy atom. The molecular formula is C12H12O3. The number of aromatic hydroxyl groups is 1. The van der Waals surface area contributed by atoms with Gasteiger partial charge < -0.3 is 14.6 Å². The molecule has 3 nitrogen and oxygen atoms in total. The van der Waals surface area contributed by atoms with E-state index in [2.05, 4.69) is 0 Å². The molecule has 1 N–H and O–H groups in total. The highest BCUT2D eigenvalue weighted by molar-refractivity contribution is 5.94. The van der Waals surface area contributed by atoms with Crippen molar-refractivity contribution in [2.45, 2.75) is 0 Å². The predicted octanol–water partition coefficient (Wildman–Crippen LogP) is 2.56. The van der Waals surface area contributed by atoms with E-state index < -0.39 is 0 Å². The summed E-state index contributed by atoms with van der Waals surface area (Å²) in [6, 6.07) is 8.77. The van der Waals surface area contributed by atoms with E-state index in [1.165, 1.54) is 0 Å². The van der Waals surface area contributed by atoms with Gasteiger partial charge in [0.05, 0.1) is 14.2 Å². The van der Waals surface area contributed by atoms with Gasteiger partial charge in [-0.25, -0.2) is 0 Å². The zero-order valence-corrected chi connectivity index (χ0v) is 8.65. The molecule has 0 aliphatic carbocycles. The highest BCUT2D eigenvalue weighted by atomic mass is 16.5. The molecule has 2 aromatic rings. The first-order valence-corrected chi connectivity index (χ1v) is 4.60. The van der Waals surface area contributed by atoms with E-state index in [-0.39, 0.29) is 5.75 Å². The number of methoxy groups -OCH3 is 2. The first-order chi connectivity index (χ1) is 7.26. The van der Waals surface area contributed by atoms with Crippen LogP contribution in [0.4, 0.5) is 0 Å². The van der Waals surface area contributed by atoms with Crippen LogP contribution in [0.2, 0.25) is 0 Å². The van der Waals surface area contributed by atoms with Gasteiger partial charge in [-0.1, -0.05) is 0 Å². The van der Waals surface area contributed by atoms with Crippen molar-refractivity contribution in [2.75, 3.05) is 14.2 Å². The summed E-state index contributed by atoms with van der Waals surface area (Å²) in [5, 5.41) is 11.2. The maximum atomic E-state index is 9.42. The molecule has 0 spiro atoms. The molecule has 2 rings (SSSR count). The van der Waals surface area contributed by atoms with E-state index in [1.807, 2.05) is 18.2 Å². The maximum absolute atomic E-state index is 9.42. The lowest BCUT2D eigenvalue weighted by molar-refractivity contribution is 0.410. The molecule has 0 saturated heterocycles. The number of hydrogen-bond acceptors (Lipinski definition) is 3. The van der Waals surface area contributed by atoms with Gasteiger partial charge in [0, 0.05) is 10.8 Å². The third kappa shape index (κ3) is 1.56. The molecule has 0 heterocycles. The molecule has 0 amide bonds. The van der Waals surface area contributed by atoms with Crippen molar-refractivity contribution in [1.29, 1.82) is 0 Å². The molecule has 15 heavy (non-hydrogen) atoms. The molecule has 0 fully saturated rings. The minimum atomic E-state index is 0.217. The second-order valence-electron chi connectivity index (χ2n) is 3.20. The van der Waals surface area contributed by atoms with Gasteiger partial charge in [-0.3, -0.25) is 0 Å². The Bertz CT molecular complexity index is 491. The average molecular weight is 204 g/mol. The first-order valence-electron chi connectivity index (χ1n) is 4.60. The number of phenols is 1. The average Bonchev–Trinajstić information content (AvgIpc) is 2.27. The van der Waals surface area contributed by atoms with Crippen LogP contribution in [0.3, 0.4) is 0 Å². The topological polar surface area (TPSA) is 38.7 Å². The van der Waals surface area contributed by atoms with Crippen molar-refractivity contribution in [1.82, 2.24) is 0 Å². The molecular weight excluding hydrogens is 192 g/mol. The number of phenolic OH excluding ortho intramolecular Hbond substituents is 1. The molecule has 78 valence electrons. The smallest absolute Gasteiger partial charge is 0.127 e. The Morgan fingerprint density at radius 2 is 1.47 bits per heavy atom. The first kappa shape index (κ1) is 9.65. The van der Waals surface area contributed by atoms with E-state index in [1.54, 1.807) is 26.4 Å². The fourth-order valence-electron chi connectivity index (χ4n) is 1.64. The van der Waals surface area contributed by atoms with Crippen molar-refractivity contribution in [2.24, 2.45) is 0 Å². The predicted molar refractivity (Wildman–Crippen MR) is 58.7 cm³/mol. The summed E-state index contributed by atoms with van der Waals surface area (Å²) in [7, 11) is 3.22. The van der Waals surface area contributed by atoms with Crippen molar-refractivity contribution in [3.63, 3.8) is 0 Å². The van der Waals surface area contributed by atoms with Crippen molar-refractivity contribution in [3.05, 3.63) is 30.3 Å². The molecule has 0 saturated carbocycles. The highest BCUT2D eigenvalue weighted by Crippen LogP contribution is 2.34. The van der Waals surface area contributed by atoms with E-state index in [4.69, 9.17) is 9.47 Å². The van der Waals surface area contributed by atoms with Crippen LogP contribution >= 0.6 is 0 Å². The normalized spacial score (nSPS) is 10.3. The molecule has 0 radical (unpaired) electrons. The van der Waals surface area contributed by atoms with Gasteiger partial charge in [-0.2, -0.15) is 0 Å². The van der Waals surface area contributed by atoms with Gasteiger partial charge in [0.25, 0.3) is 0 Å². The van der Waals surface area contributed by atoms with E-state index in [0.717, 1.165) is 22.3 Å². The molecule has 0 aliphatic heterocycles. The monoisotopic (exact) mass is 204 g/mol. The molecule has 0 aromatic heterocycles. The van der Waals surface area contributed by atoms with Gasteiger partial charge in [0.15, 0.2) is 0 Å². The fraction of sp³-hybridized carbons (Fsp3) is 0.167. The molecule has 0 bridgehead atoms. The molecule has 3 heteroatoms. The van der Waals surface area contributed by atoms with Crippen LogP contribution in [0.5, 0.6) is 17.2 Å². The van der Waals surface area contributed by atoms with Crippen LogP contribution < -0.4 is 9.47 Å². The van der Waals surface area contributed by atoms with Gasteiger partial charge in [0.1, 0.15) is 17.2 Å².